The summed E-state index contributed by atoms with van der Waals surface area (Å²) in [5, 5.41) is 12.6. The molecule has 0 bridgehead atoms. The summed E-state index contributed by atoms with van der Waals surface area (Å²) < 4.78 is 5.05. The second kappa shape index (κ2) is 6.64. The van der Waals surface area contributed by atoms with Crippen LogP contribution in [0, 0.1) is 5.92 Å². The van der Waals surface area contributed by atoms with E-state index in [9.17, 15) is 9.90 Å². The van der Waals surface area contributed by atoms with Crippen LogP contribution in [0.15, 0.2) is 18.2 Å². The third-order valence-corrected chi connectivity index (χ3v) is 3.99. The van der Waals surface area contributed by atoms with Crippen LogP contribution in [0.5, 0.6) is 11.5 Å². The van der Waals surface area contributed by atoms with Gasteiger partial charge >= 0.3 is 0 Å². The molecule has 0 saturated heterocycles. The van der Waals surface area contributed by atoms with Gasteiger partial charge in [0.2, 0.25) is 5.91 Å². The molecule has 0 aromatic heterocycles. The number of methoxy groups -OCH3 is 1. The lowest BCUT2D eigenvalue weighted by atomic mass is 9.87. The van der Waals surface area contributed by atoms with Crippen molar-refractivity contribution in [3.63, 3.8) is 0 Å². The number of aromatic hydroxyl groups is 1. The molecule has 4 nitrogen and oxygen atoms in total. The van der Waals surface area contributed by atoms with Gasteiger partial charge in [-0.05, 0) is 49.3 Å². The van der Waals surface area contributed by atoms with E-state index in [2.05, 4.69) is 12.2 Å². The molecule has 1 amide bonds. The average Bonchev–Trinajstić information content (AvgIpc) is 2.43. The van der Waals surface area contributed by atoms with E-state index in [1.54, 1.807) is 18.2 Å². The molecule has 0 radical (unpaired) electrons. The van der Waals surface area contributed by atoms with Gasteiger partial charge in [0.15, 0.2) is 11.5 Å². The Kier molecular flexibility index (Phi) is 4.88. The van der Waals surface area contributed by atoms with E-state index in [4.69, 9.17) is 4.74 Å². The van der Waals surface area contributed by atoms with Gasteiger partial charge in [0.05, 0.1) is 13.5 Å². The number of amides is 1. The lowest BCUT2D eigenvalue weighted by molar-refractivity contribution is -0.121. The van der Waals surface area contributed by atoms with Gasteiger partial charge in [-0.25, -0.2) is 0 Å². The van der Waals surface area contributed by atoms with Crippen LogP contribution in [0.3, 0.4) is 0 Å². The molecule has 0 unspecified atom stereocenters. The number of carbonyl (C=O) groups is 1. The smallest absolute Gasteiger partial charge is 0.224 e. The molecule has 0 atom stereocenters. The van der Waals surface area contributed by atoms with Gasteiger partial charge in [0, 0.05) is 6.04 Å². The monoisotopic (exact) mass is 277 g/mol. The molecule has 1 saturated carbocycles. The quantitative estimate of drug-likeness (QED) is 0.889. The topological polar surface area (TPSA) is 58.6 Å². The highest BCUT2D eigenvalue weighted by Crippen LogP contribution is 2.27. The lowest BCUT2D eigenvalue weighted by Gasteiger charge is -2.26. The molecule has 2 rings (SSSR count). The number of ether oxygens (including phenoxy) is 1. The third kappa shape index (κ3) is 3.89. The molecule has 4 heteroatoms. The van der Waals surface area contributed by atoms with Gasteiger partial charge in [0.1, 0.15) is 0 Å². The minimum absolute atomic E-state index is 0.0392. The Labute approximate surface area is 120 Å². The fourth-order valence-corrected chi connectivity index (χ4v) is 2.70. The standard InChI is InChI=1S/C16H23NO3/c1-11-3-6-13(7-4-11)17-16(19)10-12-5-8-14(18)15(9-12)20-2/h5,8-9,11,13,18H,3-4,6-7,10H2,1-2H3,(H,17,19)/t11-,13-. The van der Waals surface area contributed by atoms with E-state index in [-0.39, 0.29) is 11.7 Å². The van der Waals surface area contributed by atoms with Crippen LogP contribution in [0.25, 0.3) is 0 Å². The van der Waals surface area contributed by atoms with Gasteiger partial charge < -0.3 is 15.2 Å². The van der Waals surface area contributed by atoms with Crippen LogP contribution in [-0.4, -0.2) is 24.2 Å². The lowest BCUT2D eigenvalue weighted by Crippen LogP contribution is -2.38. The summed E-state index contributed by atoms with van der Waals surface area (Å²) in [6.07, 6.45) is 4.86. The van der Waals surface area contributed by atoms with Crippen LogP contribution in [0.2, 0.25) is 0 Å². The minimum Gasteiger partial charge on any atom is -0.504 e. The van der Waals surface area contributed by atoms with Crippen molar-refractivity contribution in [2.24, 2.45) is 5.92 Å². The maximum absolute atomic E-state index is 12.0. The molecule has 1 fully saturated rings. The number of hydrogen-bond acceptors (Lipinski definition) is 3. The van der Waals surface area contributed by atoms with Crippen molar-refractivity contribution in [2.75, 3.05) is 7.11 Å². The molecule has 0 spiro atoms. The largest absolute Gasteiger partial charge is 0.504 e. The van der Waals surface area contributed by atoms with Crippen LogP contribution >= 0.6 is 0 Å². The molecule has 1 aliphatic carbocycles. The summed E-state index contributed by atoms with van der Waals surface area (Å²) in [4.78, 5) is 12.0. The van der Waals surface area contributed by atoms with E-state index >= 15 is 0 Å². The summed E-state index contributed by atoms with van der Waals surface area (Å²) in [5.74, 6) is 1.32. The maximum Gasteiger partial charge on any atom is 0.224 e. The van der Waals surface area contributed by atoms with E-state index in [1.165, 1.54) is 20.0 Å². The zero-order valence-electron chi connectivity index (χ0n) is 12.2. The molecular formula is C16H23NO3. The van der Waals surface area contributed by atoms with Gasteiger partial charge in [-0.15, -0.1) is 0 Å². The van der Waals surface area contributed by atoms with Gasteiger partial charge in [-0.1, -0.05) is 13.0 Å². The number of hydrogen-bond donors (Lipinski definition) is 2. The van der Waals surface area contributed by atoms with Crippen molar-refractivity contribution in [1.82, 2.24) is 5.32 Å². The molecule has 0 heterocycles. The Hall–Kier alpha value is -1.71. The Morgan fingerprint density at radius 3 is 2.70 bits per heavy atom. The zero-order valence-corrected chi connectivity index (χ0v) is 12.2. The van der Waals surface area contributed by atoms with Crippen molar-refractivity contribution in [2.45, 2.75) is 45.1 Å². The first kappa shape index (κ1) is 14.7. The third-order valence-electron chi connectivity index (χ3n) is 3.99. The molecule has 1 aromatic carbocycles. The molecule has 2 N–H and O–H groups in total. The van der Waals surface area contributed by atoms with Gasteiger partial charge in [0.25, 0.3) is 0 Å². The Bertz CT molecular complexity index is 465. The van der Waals surface area contributed by atoms with E-state index < -0.39 is 0 Å². The summed E-state index contributed by atoms with van der Waals surface area (Å²) in [6, 6.07) is 5.33. The Balaban J connectivity index is 1.88. The van der Waals surface area contributed by atoms with Crippen LogP contribution in [0.1, 0.15) is 38.2 Å². The minimum atomic E-state index is 0.0392. The predicted octanol–water partition coefficient (Wildman–Crippen LogP) is 2.64. The maximum atomic E-state index is 12.0. The van der Waals surface area contributed by atoms with Gasteiger partial charge in [-0.3, -0.25) is 4.79 Å². The first-order valence-corrected chi connectivity index (χ1v) is 7.23. The second-order valence-electron chi connectivity index (χ2n) is 5.71. The van der Waals surface area contributed by atoms with Crippen molar-refractivity contribution in [3.8, 4) is 11.5 Å². The Morgan fingerprint density at radius 1 is 1.35 bits per heavy atom. The molecular weight excluding hydrogens is 254 g/mol. The fraction of sp³-hybridized carbons (Fsp3) is 0.562. The number of rotatable bonds is 4. The van der Waals surface area contributed by atoms with Crippen molar-refractivity contribution in [1.29, 1.82) is 0 Å². The normalized spacial score (nSPS) is 22.3. The first-order chi connectivity index (χ1) is 9.58. The predicted molar refractivity (Wildman–Crippen MR) is 77.9 cm³/mol. The molecule has 0 aliphatic heterocycles. The molecule has 110 valence electrons. The first-order valence-electron chi connectivity index (χ1n) is 7.23. The number of phenols is 1. The zero-order chi connectivity index (χ0) is 14.5. The highest BCUT2D eigenvalue weighted by molar-refractivity contribution is 5.79. The average molecular weight is 277 g/mol. The van der Waals surface area contributed by atoms with Crippen molar-refractivity contribution in [3.05, 3.63) is 23.8 Å². The summed E-state index contributed by atoms with van der Waals surface area (Å²) in [7, 11) is 1.50. The van der Waals surface area contributed by atoms with E-state index in [0.29, 0.717) is 18.2 Å². The molecule has 20 heavy (non-hydrogen) atoms. The van der Waals surface area contributed by atoms with Crippen LogP contribution in [-0.2, 0) is 11.2 Å². The molecule has 1 aromatic rings. The van der Waals surface area contributed by atoms with Crippen LogP contribution < -0.4 is 10.1 Å². The highest BCUT2D eigenvalue weighted by atomic mass is 16.5. The fourth-order valence-electron chi connectivity index (χ4n) is 2.70. The summed E-state index contributed by atoms with van der Waals surface area (Å²) >= 11 is 0. The number of benzene rings is 1. The van der Waals surface area contributed by atoms with Crippen molar-refractivity contribution < 1.29 is 14.6 Å². The number of carbonyl (C=O) groups excluding carboxylic acids is 1. The Morgan fingerprint density at radius 2 is 2.05 bits per heavy atom. The number of phenolic OH excluding ortho intramolecular Hbond substituents is 1. The van der Waals surface area contributed by atoms with Gasteiger partial charge in [-0.2, -0.15) is 0 Å². The van der Waals surface area contributed by atoms with E-state index in [1.807, 2.05) is 0 Å². The summed E-state index contributed by atoms with van der Waals surface area (Å²) in [6.45, 7) is 2.26. The highest BCUT2D eigenvalue weighted by Gasteiger charge is 2.19. The van der Waals surface area contributed by atoms with Crippen molar-refractivity contribution >= 4 is 5.91 Å². The van der Waals surface area contributed by atoms with Crippen LogP contribution in [0.4, 0.5) is 0 Å². The summed E-state index contributed by atoms with van der Waals surface area (Å²) in [5.41, 5.74) is 0.848. The molecule has 1 aliphatic rings. The van der Waals surface area contributed by atoms with E-state index in [0.717, 1.165) is 24.3 Å². The SMILES string of the molecule is COc1cc(CC(=O)N[C@H]2CC[C@H](C)CC2)ccc1O. The number of nitrogens with one attached hydrogen (secondary N) is 1. The second-order valence-corrected chi connectivity index (χ2v) is 5.71.